The first-order valence-corrected chi connectivity index (χ1v) is 21.6. The van der Waals surface area contributed by atoms with Crippen LogP contribution in [0.5, 0.6) is 11.5 Å². The van der Waals surface area contributed by atoms with Crippen LogP contribution >= 0.6 is 8.53 Å². The van der Waals surface area contributed by atoms with Gasteiger partial charge in [-0.1, -0.05) is 54.6 Å². The van der Waals surface area contributed by atoms with E-state index in [4.69, 9.17) is 37.5 Å². The number of ether oxygens (including phenoxy) is 6. The Labute approximate surface area is 360 Å². The summed E-state index contributed by atoms with van der Waals surface area (Å²) in [7, 11) is 1.31. The van der Waals surface area contributed by atoms with Gasteiger partial charge in [-0.2, -0.15) is 5.26 Å². The molecule has 3 amide bonds. The van der Waals surface area contributed by atoms with Crippen LogP contribution in [0.15, 0.2) is 78.9 Å². The van der Waals surface area contributed by atoms with E-state index in [0.717, 1.165) is 16.7 Å². The predicted molar refractivity (Wildman–Crippen MR) is 227 cm³/mol. The second-order valence-electron chi connectivity index (χ2n) is 16.2. The fourth-order valence-electron chi connectivity index (χ4n) is 7.28. The molecule has 16 heteroatoms. The molecule has 61 heavy (non-hydrogen) atoms. The van der Waals surface area contributed by atoms with Crippen molar-refractivity contribution < 1.29 is 51.9 Å². The van der Waals surface area contributed by atoms with Gasteiger partial charge in [0.2, 0.25) is 5.91 Å². The first kappa shape index (κ1) is 47.4. The molecule has 1 unspecified atom stereocenters. The number of methoxy groups -OCH3 is 2. The number of imide groups is 1. The smallest absolute Gasteiger partial charge is 0.326 e. The number of rotatable bonds is 20. The fraction of sp³-hybridized carbons (Fsp3) is 0.511. The molecule has 0 spiro atoms. The zero-order valence-electron chi connectivity index (χ0n) is 36.5. The molecule has 2 fully saturated rings. The Morgan fingerprint density at radius 3 is 1.98 bits per heavy atom. The summed E-state index contributed by atoms with van der Waals surface area (Å²) in [4.78, 5) is 40.2. The highest BCUT2D eigenvalue weighted by atomic mass is 31.2. The van der Waals surface area contributed by atoms with Gasteiger partial charge in [0.15, 0.2) is 13.0 Å². The monoisotopic (exact) mass is 862 g/mol. The molecule has 0 saturated carbocycles. The van der Waals surface area contributed by atoms with Gasteiger partial charge < -0.3 is 37.5 Å². The van der Waals surface area contributed by atoms with Crippen LogP contribution in [0.25, 0.3) is 0 Å². The number of nitriles is 1. The van der Waals surface area contributed by atoms with E-state index in [0.29, 0.717) is 11.5 Å². The molecule has 2 aliphatic rings. The van der Waals surface area contributed by atoms with Crippen molar-refractivity contribution in [3.8, 4) is 17.6 Å². The summed E-state index contributed by atoms with van der Waals surface area (Å²) in [5.74, 6) is 0.395. The highest BCUT2D eigenvalue weighted by Crippen LogP contribution is 2.50. The average Bonchev–Trinajstić information content (AvgIpc) is 3.56. The molecule has 0 aliphatic carbocycles. The largest absolute Gasteiger partial charge is 0.497 e. The van der Waals surface area contributed by atoms with Gasteiger partial charge in [-0.05, 0) is 89.4 Å². The number of nitrogens with one attached hydrogen (secondary N) is 1. The fourth-order valence-corrected chi connectivity index (χ4v) is 9.05. The molecule has 3 aromatic carbocycles. The highest BCUT2D eigenvalue weighted by molar-refractivity contribution is 7.44. The molecule has 3 aromatic rings. The molecular formula is C45H59N4O11P. The minimum atomic E-state index is -1.90. The van der Waals surface area contributed by atoms with E-state index in [1.165, 1.54) is 4.90 Å². The summed E-state index contributed by atoms with van der Waals surface area (Å²) in [5.41, 5.74) is 0.285. The third-order valence-corrected chi connectivity index (χ3v) is 12.4. The van der Waals surface area contributed by atoms with Crippen molar-refractivity contribution in [2.24, 2.45) is 5.41 Å². The molecule has 2 saturated heterocycles. The number of amides is 3. The van der Waals surface area contributed by atoms with Crippen LogP contribution in [0.3, 0.4) is 0 Å². The Balaban J connectivity index is 1.66. The van der Waals surface area contributed by atoms with Crippen molar-refractivity contribution in [3.63, 3.8) is 0 Å². The maximum atomic E-state index is 13.5. The predicted octanol–water partition coefficient (Wildman–Crippen LogP) is 7.27. The van der Waals surface area contributed by atoms with E-state index >= 15 is 0 Å². The lowest BCUT2D eigenvalue weighted by atomic mass is 9.80. The van der Waals surface area contributed by atoms with Crippen LogP contribution in [-0.4, -0.2) is 105 Å². The van der Waals surface area contributed by atoms with Gasteiger partial charge >= 0.3 is 12.0 Å². The third-order valence-electron chi connectivity index (χ3n) is 10.3. The van der Waals surface area contributed by atoms with Crippen LogP contribution in [-0.2, 0) is 43.2 Å². The van der Waals surface area contributed by atoms with Gasteiger partial charge in [-0.3, -0.25) is 19.8 Å². The molecule has 0 bridgehead atoms. The lowest BCUT2D eigenvalue weighted by Crippen LogP contribution is -2.57. The van der Waals surface area contributed by atoms with Crippen molar-refractivity contribution in [1.29, 1.82) is 5.26 Å². The molecule has 2 heterocycles. The molecule has 330 valence electrons. The van der Waals surface area contributed by atoms with Crippen molar-refractivity contribution in [1.82, 2.24) is 14.9 Å². The number of hydrogen-bond acceptors (Lipinski definition) is 13. The first-order chi connectivity index (χ1) is 29.1. The summed E-state index contributed by atoms with van der Waals surface area (Å²) < 4.78 is 52.7. The molecule has 0 aromatic heterocycles. The zero-order valence-corrected chi connectivity index (χ0v) is 37.4. The molecule has 5 atom stereocenters. The topological polar surface area (TPSA) is 167 Å². The molecule has 5 rings (SSSR count). The van der Waals surface area contributed by atoms with Gasteiger partial charge in [-0.25, -0.2) is 9.46 Å². The number of hydrogen-bond donors (Lipinski definition) is 1. The van der Waals surface area contributed by atoms with Crippen LogP contribution in [0, 0.1) is 16.7 Å². The van der Waals surface area contributed by atoms with Gasteiger partial charge in [-0.15, -0.1) is 0 Å². The number of urea groups is 1. The normalized spacial score (nSPS) is 20.1. The van der Waals surface area contributed by atoms with E-state index in [-0.39, 0.29) is 44.7 Å². The van der Waals surface area contributed by atoms with Gasteiger partial charge in [0.25, 0.3) is 8.53 Å². The molecule has 15 nitrogen and oxygen atoms in total. The summed E-state index contributed by atoms with van der Waals surface area (Å²) in [6, 6.07) is 26.4. The SMILES string of the molecule is COc1ccc(C(OC[C@H]2O[C@@H](N3CCC(=O)NC3=O)[C@H](OCOC(=O)C(C)(C)C)[C@@H]2OP(OCCC#N)N(C(C)C)C(C)C)(c2ccccc2)c2ccc(OC)cc2)cc1. The average molecular weight is 863 g/mol. The van der Waals surface area contributed by atoms with E-state index in [1.807, 2.05) is 107 Å². The van der Waals surface area contributed by atoms with Crippen molar-refractivity contribution in [3.05, 3.63) is 95.6 Å². The Morgan fingerprint density at radius 2 is 1.48 bits per heavy atom. The minimum absolute atomic E-state index is 0.0224. The van der Waals surface area contributed by atoms with E-state index < -0.39 is 68.8 Å². The number of carbonyl (C=O) groups excluding carboxylic acids is 3. The van der Waals surface area contributed by atoms with Crippen LogP contribution < -0.4 is 14.8 Å². The summed E-state index contributed by atoms with van der Waals surface area (Å²) in [6.07, 6.45) is -4.04. The number of carbonyl (C=O) groups is 3. The maximum Gasteiger partial charge on any atom is 0.326 e. The Kier molecular flexibility index (Phi) is 16.7. The summed E-state index contributed by atoms with van der Waals surface area (Å²) in [5, 5.41) is 11.8. The van der Waals surface area contributed by atoms with Crippen LogP contribution in [0.1, 0.15) is 78.0 Å². The quantitative estimate of drug-likeness (QED) is 0.0397. The number of esters is 1. The standard InChI is InChI=1S/C45H59N4O11P/c1-30(2)49(31(3)4)61(58-27-13-25-46)60-39-37(59-41(48-26-24-38(50)47-43(48)52)40(39)55-29-56-42(51)44(5,6)7)28-57-45(32-14-11-10-12-15-32,33-16-20-35(53-8)21-17-33)34-18-22-36(54-9)23-19-34/h10-12,14-23,30-31,37,39-41H,13,24,26-29H2,1-9H3,(H,47,50,52)/t37-,39-,40-,41-,61?/m1/s1. The molecular weight excluding hydrogens is 803 g/mol. The van der Waals surface area contributed by atoms with E-state index in [1.54, 1.807) is 35.0 Å². The van der Waals surface area contributed by atoms with E-state index in [2.05, 4.69) is 16.1 Å². The minimum Gasteiger partial charge on any atom is -0.497 e. The van der Waals surface area contributed by atoms with Crippen molar-refractivity contribution in [2.75, 3.05) is 40.8 Å². The van der Waals surface area contributed by atoms with Crippen molar-refractivity contribution in [2.45, 2.75) is 104 Å². The number of benzene rings is 3. The second-order valence-corrected chi connectivity index (χ2v) is 17.6. The lowest BCUT2D eigenvalue weighted by Gasteiger charge is -2.39. The van der Waals surface area contributed by atoms with Gasteiger partial charge in [0.05, 0.1) is 45.3 Å². The zero-order chi connectivity index (χ0) is 44.3. The number of nitrogens with zero attached hydrogens (tertiary/aromatic N) is 3. The van der Waals surface area contributed by atoms with Crippen molar-refractivity contribution >= 4 is 26.4 Å². The molecule has 0 radical (unpaired) electrons. The third kappa shape index (κ3) is 11.4. The van der Waals surface area contributed by atoms with Crippen LogP contribution in [0.2, 0.25) is 0 Å². The molecule has 2 aliphatic heterocycles. The highest BCUT2D eigenvalue weighted by Gasteiger charge is 2.54. The van der Waals surface area contributed by atoms with Gasteiger partial charge in [0, 0.05) is 25.0 Å². The lowest BCUT2D eigenvalue weighted by molar-refractivity contribution is -0.181. The summed E-state index contributed by atoms with van der Waals surface area (Å²) >= 11 is 0. The maximum absolute atomic E-state index is 13.5. The first-order valence-electron chi connectivity index (χ1n) is 20.4. The van der Waals surface area contributed by atoms with E-state index in [9.17, 15) is 19.6 Å². The van der Waals surface area contributed by atoms with Gasteiger partial charge in [0.1, 0.15) is 35.4 Å². The Bertz CT molecular complexity index is 1880. The molecule has 1 N–H and O–H groups in total. The van der Waals surface area contributed by atoms with Crippen LogP contribution in [0.4, 0.5) is 4.79 Å². The Hall–Kier alpha value is -4.65. The summed E-state index contributed by atoms with van der Waals surface area (Å²) in [6.45, 7) is 12.8. The Morgan fingerprint density at radius 1 is 0.902 bits per heavy atom. The second kappa shape index (κ2) is 21.4.